The molecule has 2 aliphatic rings. The molecule has 0 aromatic rings. The molecule has 2 saturated carbocycles. The average Bonchev–Trinajstić information content (AvgIpc) is 2.61. The molecule has 2 rings (SSSR count). The molecule has 0 aromatic heterocycles. The number of rotatable bonds is 2. The van der Waals surface area contributed by atoms with E-state index in [4.69, 9.17) is 0 Å². The third kappa shape index (κ3) is 1.33. The molecule has 0 heterocycles. The van der Waals surface area contributed by atoms with E-state index in [0.717, 1.165) is 0 Å². The highest BCUT2D eigenvalue weighted by Gasteiger charge is 2.59. The van der Waals surface area contributed by atoms with Crippen LogP contribution in [0.4, 0.5) is 17.6 Å². The third-order valence-corrected chi connectivity index (χ3v) is 3.56. The van der Waals surface area contributed by atoms with Crippen LogP contribution in [0.5, 0.6) is 0 Å². The predicted octanol–water partition coefficient (Wildman–Crippen LogP) is 2.29. The number of alkyl halides is 4. The van der Waals surface area contributed by atoms with Crippen LogP contribution in [-0.2, 0) is 0 Å². The number of hydrogen-bond acceptors (Lipinski definition) is 1. The molecule has 4 atom stereocenters. The van der Waals surface area contributed by atoms with Crippen molar-refractivity contribution in [1.29, 1.82) is 0 Å². The minimum Gasteiger partial charge on any atom is -0.393 e. The number of hydrogen-bond donors (Lipinski definition) is 1. The number of fused-ring (bicyclic) bond motifs is 2. The summed E-state index contributed by atoms with van der Waals surface area (Å²) in [6.45, 7) is 0. The van der Waals surface area contributed by atoms with Gasteiger partial charge in [-0.25, -0.2) is 8.78 Å². The van der Waals surface area contributed by atoms with E-state index < -0.39 is 30.3 Å². The summed E-state index contributed by atoms with van der Waals surface area (Å²) in [5, 5.41) is 9.36. The molecular weight excluding hydrogens is 200 g/mol. The van der Waals surface area contributed by atoms with Gasteiger partial charge in [-0.2, -0.15) is 8.78 Å². The quantitative estimate of drug-likeness (QED) is 0.696. The van der Waals surface area contributed by atoms with Gasteiger partial charge in [0.1, 0.15) is 0 Å². The Kier molecular flexibility index (Phi) is 2.25. The Hall–Kier alpha value is -0.320. The summed E-state index contributed by atoms with van der Waals surface area (Å²) in [5.41, 5.74) is 0. The van der Waals surface area contributed by atoms with Crippen molar-refractivity contribution < 1.29 is 22.7 Å². The lowest BCUT2D eigenvalue weighted by molar-refractivity contribution is -0.184. The lowest BCUT2D eigenvalue weighted by atomic mass is 9.82. The van der Waals surface area contributed by atoms with E-state index in [0.29, 0.717) is 12.8 Å². The Labute approximate surface area is 79.1 Å². The highest BCUT2D eigenvalue weighted by atomic mass is 19.3. The highest BCUT2D eigenvalue weighted by Crippen LogP contribution is 2.54. The maximum absolute atomic E-state index is 13.0. The topological polar surface area (TPSA) is 20.2 Å². The number of aliphatic hydroxyl groups is 1. The highest BCUT2D eigenvalue weighted by molar-refractivity contribution is 5.01. The van der Waals surface area contributed by atoms with E-state index in [-0.39, 0.29) is 12.3 Å². The molecule has 0 saturated heterocycles. The third-order valence-electron chi connectivity index (χ3n) is 3.56. The van der Waals surface area contributed by atoms with Crippen LogP contribution in [-0.4, -0.2) is 23.6 Å². The van der Waals surface area contributed by atoms with Gasteiger partial charge in [-0.05, 0) is 31.1 Å². The van der Waals surface area contributed by atoms with Crippen molar-refractivity contribution >= 4 is 0 Å². The molecule has 4 unspecified atom stereocenters. The standard InChI is InChI=1S/C9H12F4O/c10-8(11)9(12,13)6-2-4-1-5(6)7(14)3-4/h4-8,14H,1-3H2. The fraction of sp³-hybridized carbons (Fsp3) is 1.00. The zero-order valence-electron chi connectivity index (χ0n) is 7.47. The molecule has 2 fully saturated rings. The Morgan fingerprint density at radius 2 is 1.79 bits per heavy atom. The summed E-state index contributed by atoms with van der Waals surface area (Å²) < 4.78 is 50.2. The minimum absolute atomic E-state index is 0.0182. The van der Waals surface area contributed by atoms with Crippen LogP contribution < -0.4 is 0 Å². The van der Waals surface area contributed by atoms with E-state index in [9.17, 15) is 22.7 Å². The van der Waals surface area contributed by atoms with Crippen molar-refractivity contribution in [3.8, 4) is 0 Å². The lowest BCUT2D eigenvalue weighted by Crippen LogP contribution is -2.42. The van der Waals surface area contributed by atoms with Crippen molar-refractivity contribution in [2.45, 2.75) is 37.7 Å². The molecule has 0 aromatic carbocycles. The number of halogens is 4. The van der Waals surface area contributed by atoms with E-state index >= 15 is 0 Å². The SMILES string of the molecule is OC1CC2CC1C(C(F)(F)C(F)F)C2. The van der Waals surface area contributed by atoms with Gasteiger partial charge in [0.25, 0.3) is 0 Å². The average molecular weight is 212 g/mol. The summed E-state index contributed by atoms with van der Waals surface area (Å²) in [7, 11) is 0. The summed E-state index contributed by atoms with van der Waals surface area (Å²) in [5.74, 6) is -5.86. The minimum atomic E-state index is -3.93. The molecule has 2 bridgehead atoms. The van der Waals surface area contributed by atoms with Crippen molar-refractivity contribution in [1.82, 2.24) is 0 Å². The van der Waals surface area contributed by atoms with Crippen LogP contribution >= 0.6 is 0 Å². The zero-order chi connectivity index (χ0) is 10.5. The second kappa shape index (κ2) is 3.08. The van der Waals surface area contributed by atoms with Crippen molar-refractivity contribution in [3.05, 3.63) is 0 Å². The first-order valence-electron chi connectivity index (χ1n) is 4.77. The smallest absolute Gasteiger partial charge is 0.310 e. The largest absolute Gasteiger partial charge is 0.393 e. The first kappa shape index (κ1) is 10.2. The molecular formula is C9H12F4O. The molecule has 2 aliphatic carbocycles. The fourth-order valence-electron chi connectivity index (χ4n) is 2.92. The van der Waals surface area contributed by atoms with Crippen LogP contribution in [0.3, 0.4) is 0 Å². The van der Waals surface area contributed by atoms with Crippen molar-refractivity contribution in [2.24, 2.45) is 17.8 Å². The van der Waals surface area contributed by atoms with Crippen LogP contribution in [0.15, 0.2) is 0 Å². The zero-order valence-corrected chi connectivity index (χ0v) is 7.47. The monoisotopic (exact) mass is 212 g/mol. The maximum atomic E-state index is 13.0. The Bertz CT molecular complexity index is 231. The molecule has 14 heavy (non-hydrogen) atoms. The molecule has 0 aliphatic heterocycles. The Morgan fingerprint density at radius 3 is 2.21 bits per heavy atom. The van der Waals surface area contributed by atoms with Crippen molar-refractivity contribution in [2.75, 3.05) is 0 Å². The van der Waals surface area contributed by atoms with Crippen LogP contribution in [0, 0.1) is 17.8 Å². The molecule has 5 heteroatoms. The summed E-state index contributed by atoms with van der Waals surface area (Å²) in [6.07, 6.45) is -3.30. The fourth-order valence-corrected chi connectivity index (χ4v) is 2.92. The van der Waals surface area contributed by atoms with Gasteiger partial charge < -0.3 is 5.11 Å². The Balaban J connectivity index is 2.13. The van der Waals surface area contributed by atoms with Gasteiger partial charge in [0, 0.05) is 5.92 Å². The number of aliphatic hydroxyl groups excluding tert-OH is 1. The Morgan fingerprint density at radius 1 is 1.14 bits per heavy atom. The molecule has 0 spiro atoms. The van der Waals surface area contributed by atoms with Crippen LogP contribution in [0.1, 0.15) is 19.3 Å². The molecule has 1 nitrogen and oxygen atoms in total. The van der Waals surface area contributed by atoms with E-state index in [1.807, 2.05) is 0 Å². The van der Waals surface area contributed by atoms with Gasteiger partial charge in [0.2, 0.25) is 0 Å². The second-order valence-corrected chi connectivity index (χ2v) is 4.39. The first-order valence-corrected chi connectivity index (χ1v) is 4.77. The van der Waals surface area contributed by atoms with Gasteiger partial charge in [-0.3, -0.25) is 0 Å². The lowest BCUT2D eigenvalue weighted by Gasteiger charge is -2.32. The van der Waals surface area contributed by atoms with E-state index in [1.54, 1.807) is 0 Å². The molecule has 82 valence electrons. The van der Waals surface area contributed by atoms with Crippen LogP contribution in [0.25, 0.3) is 0 Å². The van der Waals surface area contributed by atoms with Gasteiger partial charge in [-0.15, -0.1) is 0 Å². The van der Waals surface area contributed by atoms with Crippen LogP contribution in [0.2, 0.25) is 0 Å². The normalized spacial score (nSPS) is 42.4. The van der Waals surface area contributed by atoms with Gasteiger partial charge in [-0.1, -0.05) is 0 Å². The molecule has 0 amide bonds. The van der Waals surface area contributed by atoms with Gasteiger partial charge >= 0.3 is 12.3 Å². The first-order chi connectivity index (χ1) is 6.43. The van der Waals surface area contributed by atoms with E-state index in [1.165, 1.54) is 0 Å². The molecule has 1 N–H and O–H groups in total. The van der Waals surface area contributed by atoms with Gasteiger partial charge in [0.15, 0.2) is 0 Å². The summed E-state index contributed by atoms with van der Waals surface area (Å²) in [4.78, 5) is 0. The van der Waals surface area contributed by atoms with Gasteiger partial charge in [0.05, 0.1) is 6.10 Å². The molecule has 0 radical (unpaired) electrons. The van der Waals surface area contributed by atoms with Crippen molar-refractivity contribution in [3.63, 3.8) is 0 Å². The predicted molar refractivity (Wildman–Crippen MR) is 41.3 cm³/mol. The van der Waals surface area contributed by atoms with E-state index in [2.05, 4.69) is 0 Å². The summed E-state index contributed by atoms with van der Waals surface area (Å²) >= 11 is 0. The maximum Gasteiger partial charge on any atom is 0.310 e. The second-order valence-electron chi connectivity index (χ2n) is 4.39. The summed E-state index contributed by atoms with van der Waals surface area (Å²) in [6, 6.07) is 0.